The highest BCUT2D eigenvalue weighted by Crippen LogP contribution is 2.08. The predicted molar refractivity (Wildman–Crippen MR) is 346 cm³/mol. The topological polar surface area (TPSA) is 251 Å². The van der Waals surface area contributed by atoms with Gasteiger partial charge in [0.05, 0.1) is 76.7 Å². The Bertz CT molecular complexity index is 2100. The summed E-state index contributed by atoms with van der Waals surface area (Å²) in [5.41, 5.74) is 12.4. The lowest BCUT2D eigenvalue weighted by molar-refractivity contribution is 0.654. The molecular formula is C59H108N20S2. The van der Waals surface area contributed by atoms with Gasteiger partial charge in [-0.15, -0.1) is 27.8 Å². The summed E-state index contributed by atoms with van der Waals surface area (Å²) >= 11 is 3.39. The number of aryl methyl sites for hydroxylation is 12. The molecule has 0 aromatic carbocycles. The lowest BCUT2D eigenvalue weighted by Crippen LogP contribution is -1.89. The Morgan fingerprint density at radius 1 is 0.383 bits per heavy atom. The van der Waals surface area contributed by atoms with Crippen LogP contribution in [-0.2, 0) is 14.1 Å². The molecular weight excluding hydrogens is 1050 g/mol. The molecule has 81 heavy (non-hydrogen) atoms. The standard InChI is InChI=1S/3C6H7N.2C5H7NS.5C3H5N3.8C2H6/c1-6-2-4-7-5-3-6;1-6-3-2-4-7-5-6;1-6-4-2-3-5-7-6;2*1-4-5(2)7-3-6-4;1-6-3-2-4-5-6;1-6-4-2-3-5-6;3*1-3-2-4-6-5-3;8*1-2/h3*2-5H,1H3;2*3H,1-2H3;2*2-3H,1H3;3*2H,1H3,(H,4,5,6);8*1-2H3. The van der Waals surface area contributed by atoms with Crippen LogP contribution >= 0.6 is 22.7 Å². The quantitative estimate of drug-likeness (QED) is 0.128. The van der Waals surface area contributed by atoms with Crippen LogP contribution in [0, 0.1) is 69.2 Å². The van der Waals surface area contributed by atoms with Gasteiger partial charge in [-0.2, -0.15) is 61.2 Å². The Morgan fingerprint density at radius 3 is 0.926 bits per heavy atom. The lowest BCUT2D eigenvalue weighted by Gasteiger charge is -1.82. The van der Waals surface area contributed by atoms with Gasteiger partial charge in [0.1, 0.15) is 0 Å². The largest absolute Gasteiger partial charge is 0.265 e. The van der Waals surface area contributed by atoms with E-state index in [4.69, 9.17) is 0 Å². The van der Waals surface area contributed by atoms with Gasteiger partial charge in [0, 0.05) is 66.7 Å². The number of rotatable bonds is 0. The van der Waals surface area contributed by atoms with Crippen molar-refractivity contribution in [2.75, 3.05) is 0 Å². The van der Waals surface area contributed by atoms with E-state index in [2.05, 4.69) is 106 Å². The van der Waals surface area contributed by atoms with E-state index in [1.165, 1.54) is 25.7 Å². The van der Waals surface area contributed by atoms with Crippen LogP contribution in [-0.4, -0.2) is 101 Å². The SMILES string of the molecule is CC.CC.CC.CC.CC.CC.CC.CC.Cc1ccccn1.Cc1cccnc1.Cc1ccncc1.Cc1cn[nH]n1.Cc1cn[nH]n1.Cc1cn[nH]n1.Cc1ncsc1C.Cc1ncsc1C.Cn1ccnn1.Cn1nccn1. The number of nitrogens with zero attached hydrogens (tertiary/aromatic N) is 17. The first-order chi connectivity index (χ1) is 39.3. The number of aromatic amines is 3. The molecule has 0 bridgehead atoms. The molecule has 456 valence electrons. The number of aromatic nitrogens is 20. The van der Waals surface area contributed by atoms with Crippen molar-refractivity contribution in [2.45, 2.75) is 180 Å². The van der Waals surface area contributed by atoms with Crippen molar-refractivity contribution < 1.29 is 0 Å². The number of pyridine rings is 3. The van der Waals surface area contributed by atoms with E-state index < -0.39 is 0 Å². The third kappa shape index (κ3) is 70.4. The second kappa shape index (κ2) is 76.6. The second-order valence-electron chi connectivity index (χ2n) is 12.9. The Labute approximate surface area is 498 Å². The van der Waals surface area contributed by atoms with Crippen molar-refractivity contribution in [1.82, 2.24) is 101 Å². The molecule has 10 aromatic rings. The van der Waals surface area contributed by atoms with E-state index >= 15 is 0 Å². The summed E-state index contributed by atoms with van der Waals surface area (Å²) in [6, 6.07) is 13.7. The van der Waals surface area contributed by atoms with Gasteiger partial charge in [0.2, 0.25) is 0 Å². The minimum absolute atomic E-state index is 0.926. The van der Waals surface area contributed by atoms with Crippen LogP contribution in [0.15, 0.2) is 128 Å². The molecule has 0 fully saturated rings. The normalized spacial score (nSPS) is 7.75. The Hall–Kier alpha value is -7.59. The molecule has 10 aromatic heterocycles. The molecule has 10 rings (SSSR count). The number of nitrogens with one attached hydrogen (secondary N) is 3. The summed E-state index contributed by atoms with van der Waals surface area (Å²) < 4.78 is 1.64. The Kier molecular flexibility index (Phi) is 85.1. The Morgan fingerprint density at radius 2 is 0.802 bits per heavy atom. The molecule has 0 radical (unpaired) electrons. The van der Waals surface area contributed by atoms with E-state index in [-0.39, 0.29) is 0 Å². The molecule has 0 atom stereocenters. The van der Waals surface area contributed by atoms with Crippen LogP contribution in [0.5, 0.6) is 0 Å². The first kappa shape index (κ1) is 90.0. The van der Waals surface area contributed by atoms with Gasteiger partial charge in [0.25, 0.3) is 0 Å². The van der Waals surface area contributed by atoms with Gasteiger partial charge in [-0.05, 0) is 111 Å². The van der Waals surface area contributed by atoms with Gasteiger partial charge in [-0.3, -0.25) is 19.6 Å². The van der Waals surface area contributed by atoms with Crippen LogP contribution in [0.4, 0.5) is 0 Å². The summed E-state index contributed by atoms with van der Waals surface area (Å²) in [5.74, 6) is 0. The highest BCUT2D eigenvalue weighted by molar-refractivity contribution is 7.09. The van der Waals surface area contributed by atoms with Crippen molar-refractivity contribution >= 4 is 22.7 Å². The number of thiazole rings is 2. The van der Waals surface area contributed by atoms with Crippen LogP contribution < -0.4 is 0 Å². The van der Waals surface area contributed by atoms with Crippen molar-refractivity contribution in [3.05, 3.63) is 183 Å². The van der Waals surface area contributed by atoms with Crippen molar-refractivity contribution in [3.63, 3.8) is 0 Å². The highest BCUT2D eigenvalue weighted by atomic mass is 32.1. The van der Waals surface area contributed by atoms with Crippen LogP contribution in [0.25, 0.3) is 0 Å². The van der Waals surface area contributed by atoms with Gasteiger partial charge < -0.3 is 0 Å². The minimum Gasteiger partial charge on any atom is -0.265 e. The maximum Gasteiger partial charge on any atom is 0.0797 e. The highest BCUT2D eigenvalue weighted by Gasteiger charge is 1.90. The third-order valence-electron chi connectivity index (χ3n) is 7.12. The summed E-state index contributed by atoms with van der Waals surface area (Å²) in [5, 5.41) is 43.6. The molecule has 0 aliphatic carbocycles. The molecule has 0 saturated heterocycles. The molecule has 20 nitrogen and oxygen atoms in total. The second-order valence-corrected chi connectivity index (χ2v) is 15.1. The summed E-state index contributed by atoms with van der Waals surface area (Å²) in [6.07, 6.45) is 20.7. The first-order valence-corrected chi connectivity index (χ1v) is 29.4. The molecule has 22 heteroatoms. The van der Waals surface area contributed by atoms with E-state index in [1.54, 1.807) is 103 Å². The molecule has 0 spiro atoms. The predicted octanol–water partition coefficient (Wildman–Crippen LogP) is 15.9. The Balaban J connectivity index is -0.000000119. The smallest absolute Gasteiger partial charge is 0.0797 e. The zero-order chi connectivity index (χ0) is 63.9. The number of hydrogen-bond donors (Lipinski definition) is 3. The fourth-order valence-corrected chi connectivity index (χ4v) is 4.55. The van der Waals surface area contributed by atoms with Gasteiger partial charge >= 0.3 is 0 Å². The fourth-order valence-electron chi connectivity index (χ4n) is 3.37. The van der Waals surface area contributed by atoms with E-state index in [9.17, 15) is 0 Å². The van der Waals surface area contributed by atoms with Crippen molar-refractivity contribution in [1.29, 1.82) is 0 Å². The van der Waals surface area contributed by atoms with Crippen LogP contribution in [0.3, 0.4) is 0 Å². The molecule has 0 amide bonds. The maximum atomic E-state index is 4.03. The molecule has 0 aliphatic heterocycles. The monoisotopic (exact) mass is 1160 g/mol. The molecule has 10 heterocycles. The summed E-state index contributed by atoms with van der Waals surface area (Å²) in [7, 11) is 3.60. The van der Waals surface area contributed by atoms with Gasteiger partial charge in [-0.1, -0.05) is 128 Å². The minimum atomic E-state index is 0.926. The van der Waals surface area contributed by atoms with Crippen molar-refractivity contribution in [3.8, 4) is 0 Å². The van der Waals surface area contributed by atoms with E-state index in [0.29, 0.717) is 0 Å². The zero-order valence-corrected chi connectivity index (χ0v) is 56.7. The summed E-state index contributed by atoms with van der Waals surface area (Å²) in [6.45, 7) is 51.9. The molecule has 0 unspecified atom stereocenters. The first-order valence-electron chi connectivity index (χ1n) is 27.7. The van der Waals surface area contributed by atoms with Crippen LogP contribution in [0.1, 0.15) is 166 Å². The van der Waals surface area contributed by atoms with Crippen molar-refractivity contribution in [2.24, 2.45) is 14.1 Å². The van der Waals surface area contributed by atoms with Gasteiger partial charge in [-0.25, -0.2) is 9.97 Å². The van der Waals surface area contributed by atoms with E-state index in [1.807, 2.05) is 233 Å². The van der Waals surface area contributed by atoms with Gasteiger partial charge in [0.15, 0.2) is 0 Å². The fraction of sp³-hybridized carbons (Fsp3) is 0.475. The molecule has 0 aliphatic rings. The lowest BCUT2D eigenvalue weighted by atomic mass is 10.3. The summed E-state index contributed by atoms with van der Waals surface area (Å²) in [4.78, 5) is 23.9. The zero-order valence-electron chi connectivity index (χ0n) is 55.0. The maximum absolute atomic E-state index is 4.03. The van der Waals surface area contributed by atoms with E-state index in [0.717, 1.165) is 34.2 Å². The average molecular weight is 1160 g/mol. The average Bonchev–Trinajstić information content (AvgIpc) is 4.42. The molecule has 3 N–H and O–H groups in total. The number of hydrogen-bond acceptors (Lipinski definition) is 17. The molecule has 0 saturated carbocycles. The van der Waals surface area contributed by atoms with Crippen LogP contribution in [0.2, 0.25) is 0 Å². The number of H-pyrrole nitrogens is 3. The third-order valence-corrected chi connectivity index (χ3v) is 8.84.